The summed E-state index contributed by atoms with van der Waals surface area (Å²) in [5.74, 6) is 2.08. The summed E-state index contributed by atoms with van der Waals surface area (Å²) >= 11 is 0. The average Bonchev–Trinajstić information content (AvgIpc) is 3.20. The molecule has 1 aromatic carbocycles. The first-order valence-corrected chi connectivity index (χ1v) is 8.34. The maximum absolute atomic E-state index is 12.8. The predicted octanol–water partition coefficient (Wildman–Crippen LogP) is 3.44. The van der Waals surface area contributed by atoms with Gasteiger partial charge in [0.1, 0.15) is 0 Å². The van der Waals surface area contributed by atoms with Crippen molar-refractivity contribution in [2.75, 3.05) is 12.3 Å². The number of carbonyl (C=O) groups excluding carboxylic acids is 1. The number of nitrogens with zero attached hydrogens (tertiary/aromatic N) is 1. The van der Waals surface area contributed by atoms with Crippen molar-refractivity contribution in [3.63, 3.8) is 0 Å². The van der Waals surface area contributed by atoms with E-state index >= 15 is 0 Å². The van der Waals surface area contributed by atoms with Gasteiger partial charge in [0.05, 0.1) is 0 Å². The van der Waals surface area contributed by atoms with Gasteiger partial charge in [-0.15, -0.1) is 0 Å². The summed E-state index contributed by atoms with van der Waals surface area (Å²) in [5, 5.41) is 0. The summed E-state index contributed by atoms with van der Waals surface area (Å²) < 4.78 is 0. The maximum atomic E-state index is 12.8. The van der Waals surface area contributed by atoms with Gasteiger partial charge in [0.25, 0.3) is 0 Å². The zero-order valence-electron chi connectivity index (χ0n) is 12.9. The quantitative estimate of drug-likeness (QED) is 0.843. The Hall–Kier alpha value is -1.51. The van der Waals surface area contributed by atoms with Gasteiger partial charge in [-0.3, -0.25) is 4.79 Å². The number of hydrogen-bond acceptors (Lipinski definition) is 2. The second-order valence-corrected chi connectivity index (χ2v) is 6.64. The van der Waals surface area contributed by atoms with Gasteiger partial charge in [-0.25, -0.2) is 0 Å². The third kappa shape index (κ3) is 3.07. The lowest BCUT2D eigenvalue weighted by atomic mass is 10.0. The molecule has 2 saturated carbocycles. The van der Waals surface area contributed by atoms with Crippen molar-refractivity contribution in [2.24, 2.45) is 17.8 Å². The molecule has 114 valence electrons. The van der Waals surface area contributed by atoms with E-state index in [0.29, 0.717) is 30.2 Å². The molecule has 2 fully saturated rings. The topological polar surface area (TPSA) is 46.3 Å². The highest BCUT2D eigenvalue weighted by Gasteiger charge is 2.55. The van der Waals surface area contributed by atoms with Gasteiger partial charge in [0, 0.05) is 24.7 Å². The van der Waals surface area contributed by atoms with Gasteiger partial charge in [0.2, 0.25) is 5.91 Å². The third-order valence-corrected chi connectivity index (χ3v) is 5.07. The lowest BCUT2D eigenvalue weighted by molar-refractivity contribution is -0.133. The van der Waals surface area contributed by atoms with Crippen molar-refractivity contribution in [1.29, 1.82) is 0 Å². The number of hydrogen-bond donors (Lipinski definition) is 1. The van der Waals surface area contributed by atoms with Crippen LogP contribution in [-0.4, -0.2) is 17.4 Å². The molecular weight excluding hydrogens is 260 g/mol. The number of nitrogen functional groups attached to an aromatic ring is 1. The highest BCUT2D eigenvalue weighted by molar-refractivity contribution is 5.82. The highest BCUT2D eigenvalue weighted by atomic mass is 16.2. The average molecular weight is 286 g/mol. The Morgan fingerprint density at radius 3 is 2.62 bits per heavy atom. The summed E-state index contributed by atoms with van der Waals surface area (Å²) in [5.41, 5.74) is 7.76. The number of rotatable bonds is 5. The molecule has 0 radical (unpaired) electrons. The molecule has 0 heterocycles. The molecule has 2 atom stereocenters. The molecule has 1 aromatic rings. The van der Waals surface area contributed by atoms with Crippen LogP contribution in [0.3, 0.4) is 0 Å². The van der Waals surface area contributed by atoms with Crippen LogP contribution in [0.5, 0.6) is 0 Å². The standard InChI is InChI=1S/C18H26N2O/c1-2-10-20(12-13-6-5-7-14(19)11-13)18(21)17-15-8-3-4-9-16(15)17/h5-7,11,15-17H,2-4,8-10,12,19H2,1H3. The van der Waals surface area contributed by atoms with Crippen LogP contribution in [0.2, 0.25) is 0 Å². The van der Waals surface area contributed by atoms with E-state index in [1.54, 1.807) is 0 Å². The van der Waals surface area contributed by atoms with Gasteiger partial charge >= 0.3 is 0 Å². The van der Waals surface area contributed by atoms with Gasteiger partial charge in [0.15, 0.2) is 0 Å². The van der Waals surface area contributed by atoms with Crippen LogP contribution in [0, 0.1) is 17.8 Å². The zero-order chi connectivity index (χ0) is 14.8. The molecule has 2 aliphatic rings. The molecule has 3 heteroatoms. The lowest BCUT2D eigenvalue weighted by Gasteiger charge is -2.23. The van der Waals surface area contributed by atoms with Crippen LogP contribution in [0.15, 0.2) is 24.3 Å². The van der Waals surface area contributed by atoms with Crippen LogP contribution in [0.1, 0.15) is 44.6 Å². The Bertz CT molecular complexity index is 502. The van der Waals surface area contributed by atoms with E-state index in [4.69, 9.17) is 5.73 Å². The van der Waals surface area contributed by atoms with E-state index in [2.05, 4.69) is 17.9 Å². The second-order valence-electron chi connectivity index (χ2n) is 6.64. The van der Waals surface area contributed by atoms with E-state index in [9.17, 15) is 4.79 Å². The molecule has 0 spiro atoms. The van der Waals surface area contributed by atoms with Crippen molar-refractivity contribution in [3.05, 3.63) is 29.8 Å². The molecule has 3 nitrogen and oxygen atoms in total. The SMILES string of the molecule is CCCN(Cc1cccc(N)c1)C(=O)C1C2CCCCC21. The minimum absolute atomic E-state index is 0.320. The minimum Gasteiger partial charge on any atom is -0.399 e. The molecule has 0 bridgehead atoms. The number of nitrogens with two attached hydrogens (primary N) is 1. The predicted molar refractivity (Wildman–Crippen MR) is 85.5 cm³/mol. The fourth-order valence-electron chi connectivity index (χ4n) is 4.02. The van der Waals surface area contributed by atoms with E-state index in [-0.39, 0.29) is 0 Å². The van der Waals surface area contributed by atoms with Crippen LogP contribution in [0.4, 0.5) is 5.69 Å². The molecule has 0 aromatic heterocycles. The number of amides is 1. The Balaban J connectivity index is 1.68. The van der Waals surface area contributed by atoms with Crippen LogP contribution >= 0.6 is 0 Å². The highest BCUT2D eigenvalue weighted by Crippen LogP contribution is 2.56. The lowest BCUT2D eigenvalue weighted by Crippen LogP contribution is -2.33. The third-order valence-electron chi connectivity index (χ3n) is 5.07. The molecular formula is C18H26N2O. The van der Waals surface area contributed by atoms with Crippen molar-refractivity contribution in [2.45, 2.75) is 45.6 Å². The molecule has 3 rings (SSSR count). The number of anilines is 1. The van der Waals surface area contributed by atoms with E-state index in [0.717, 1.165) is 24.2 Å². The first kappa shape index (κ1) is 14.4. The van der Waals surface area contributed by atoms with Crippen LogP contribution in [-0.2, 0) is 11.3 Å². The number of benzene rings is 1. The summed E-state index contributed by atoms with van der Waals surface area (Å²) in [6.45, 7) is 3.69. The zero-order valence-corrected chi connectivity index (χ0v) is 12.9. The van der Waals surface area contributed by atoms with Crippen LogP contribution in [0.25, 0.3) is 0 Å². The molecule has 21 heavy (non-hydrogen) atoms. The smallest absolute Gasteiger partial charge is 0.226 e. The Morgan fingerprint density at radius 2 is 2.00 bits per heavy atom. The van der Waals surface area contributed by atoms with Crippen molar-refractivity contribution < 1.29 is 4.79 Å². The van der Waals surface area contributed by atoms with E-state index in [1.165, 1.54) is 25.7 Å². The summed E-state index contributed by atoms with van der Waals surface area (Å²) in [7, 11) is 0. The van der Waals surface area contributed by atoms with Gasteiger partial charge < -0.3 is 10.6 Å². The van der Waals surface area contributed by atoms with Crippen molar-refractivity contribution in [1.82, 2.24) is 4.90 Å². The molecule has 2 N–H and O–H groups in total. The number of fused-ring (bicyclic) bond motifs is 1. The van der Waals surface area contributed by atoms with Gasteiger partial charge in [-0.1, -0.05) is 31.9 Å². The largest absolute Gasteiger partial charge is 0.399 e. The Morgan fingerprint density at radius 1 is 1.29 bits per heavy atom. The fourth-order valence-corrected chi connectivity index (χ4v) is 4.02. The monoisotopic (exact) mass is 286 g/mol. The molecule has 2 unspecified atom stereocenters. The minimum atomic E-state index is 0.320. The fraction of sp³-hybridized carbons (Fsp3) is 0.611. The summed E-state index contributed by atoms with van der Waals surface area (Å²) in [6.07, 6.45) is 6.16. The molecule has 1 amide bonds. The first-order chi connectivity index (χ1) is 10.2. The van der Waals surface area contributed by atoms with E-state index < -0.39 is 0 Å². The maximum Gasteiger partial charge on any atom is 0.226 e. The second kappa shape index (κ2) is 6.08. The molecule has 2 aliphatic carbocycles. The summed E-state index contributed by atoms with van der Waals surface area (Å²) in [4.78, 5) is 14.9. The normalized spacial score (nSPS) is 27.0. The van der Waals surface area contributed by atoms with E-state index in [1.807, 2.05) is 18.2 Å². The molecule has 0 aliphatic heterocycles. The van der Waals surface area contributed by atoms with Crippen molar-refractivity contribution in [3.8, 4) is 0 Å². The number of carbonyl (C=O) groups is 1. The van der Waals surface area contributed by atoms with Crippen molar-refractivity contribution >= 4 is 11.6 Å². The first-order valence-electron chi connectivity index (χ1n) is 8.34. The Labute approximate surface area is 127 Å². The summed E-state index contributed by atoms with van der Waals surface area (Å²) in [6, 6.07) is 7.91. The van der Waals surface area contributed by atoms with Gasteiger partial charge in [-0.2, -0.15) is 0 Å². The Kier molecular flexibility index (Phi) is 4.18. The molecule has 0 saturated heterocycles. The van der Waals surface area contributed by atoms with Gasteiger partial charge in [-0.05, 0) is 48.8 Å². The van der Waals surface area contributed by atoms with Crippen LogP contribution < -0.4 is 5.73 Å².